The topological polar surface area (TPSA) is 25.4 Å². The van der Waals surface area contributed by atoms with Crippen molar-refractivity contribution in [1.82, 2.24) is 4.98 Å². The number of benzene rings is 1. The molecule has 0 spiro atoms. The first-order valence-electron chi connectivity index (χ1n) is 4.99. The number of pyridine rings is 1. The van der Waals surface area contributed by atoms with Crippen LogP contribution in [0.3, 0.4) is 0 Å². The van der Waals surface area contributed by atoms with Crippen LogP contribution in [-0.2, 0) is 11.2 Å². The molecule has 1 atom stereocenters. The molecule has 2 aromatic rings. The van der Waals surface area contributed by atoms with Crippen molar-refractivity contribution in [2.45, 2.75) is 12.5 Å². The highest BCUT2D eigenvalue weighted by molar-refractivity contribution is 6.30. The molecule has 1 aromatic carbocycles. The molecule has 76 valence electrons. The number of rotatable bonds is 2. The fraction of sp³-hybridized carbons (Fsp3) is 0.250. The molecule has 0 aliphatic carbocycles. The molecule has 15 heavy (non-hydrogen) atoms. The van der Waals surface area contributed by atoms with E-state index in [2.05, 4.69) is 17.1 Å². The summed E-state index contributed by atoms with van der Waals surface area (Å²) in [4.78, 5) is 4.37. The molecule has 2 nitrogen and oxygen atoms in total. The molecule has 1 unspecified atom stereocenters. The van der Waals surface area contributed by atoms with Gasteiger partial charge in [-0.2, -0.15) is 0 Å². The third-order valence-corrected chi connectivity index (χ3v) is 2.93. The number of ether oxygens (including phenoxy) is 1. The van der Waals surface area contributed by atoms with E-state index in [0.717, 1.165) is 29.5 Å². The number of epoxide rings is 1. The van der Waals surface area contributed by atoms with E-state index in [-0.39, 0.29) is 0 Å². The molecule has 1 aromatic heterocycles. The molecule has 0 saturated carbocycles. The van der Waals surface area contributed by atoms with Crippen molar-refractivity contribution in [2.24, 2.45) is 0 Å². The minimum atomic E-state index is 0.352. The van der Waals surface area contributed by atoms with Crippen LogP contribution in [0, 0.1) is 0 Å². The van der Waals surface area contributed by atoms with E-state index in [4.69, 9.17) is 16.3 Å². The van der Waals surface area contributed by atoms with Gasteiger partial charge in [0.2, 0.25) is 0 Å². The van der Waals surface area contributed by atoms with Gasteiger partial charge in [-0.05, 0) is 17.7 Å². The Balaban J connectivity index is 2.08. The van der Waals surface area contributed by atoms with Crippen LogP contribution < -0.4 is 0 Å². The van der Waals surface area contributed by atoms with Crippen molar-refractivity contribution >= 4 is 22.5 Å². The molecule has 0 amide bonds. The Morgan fingerprint density at radius 3 is 3.00 bits per heavy atom. The average molecular weight is 220 g/mol. The Morgan fingerprint density at radius 1 is 1.40 bits per heavy atom. The lowest BCUT2D eigenvalue weighted by Gasteiger charge is -2.03. The maximum Gasteiger partial charge on any atom is 0.133 e. The fourth-order valence-corrected chi connectivity index (χ4v) is 1.93. The summed E-state index contributed by atoms with van der Waals surface area (Å²) in [5.74, 6) is 0. The van der Waals surface area contributed by atoms with Crippen LogP contribution in [0.4, 0.5) is 0 Å². The van der Waals surface area contributed by atoms with Gasteiger partial charge < -0.3 is 4.74 Å². The smallest absolute Gasteiger partial charge is 0.133 e. The maximum absolute atomic E-state index is 6.11. The van der Waals surface area contributed by atoms with E-state index in [9.17, 15) is 0 Å². The second-order valence-electron chi connectivity index (χ2n) is 3.79. The second kappa shape index (κ2) is 3.47. The fourth-order valence-electron chi connectivity index (χ4n) is 1.71. The number of para-hydroxylation sites is 1. The number of aromatic nitrogens is 1. The molecule has 3 rings (SSSR count). The van der Waals surface area contributed by atoms with Crippen LogP contribution in [-0.4, -0.2) is 17.7 Å². The van der Waals surface area contributed by atoms with Gasteiger partial charge in [0.15, 0.2) is 0 Å². The van der Waals surface area contributed by atoms with Crippen molar-refractivity contribution in [3.63, 3.8) is 0 Å². The SMILES string of the molecule is Clc1nc2ccccc2cc1CC1CO1. The van der Waals surface area contributed by atoms with Gasteiger partial charge in [-0.1, -0.05) is 29.8 Å². The van der Waals surface area contributed by atoms with Gasteiger partial charge in [-0.3, -0.25) is 0 Å². The molecule has 0 radical (unpaired) electrons. The standard InChI is InChI=1S/C12H10ClNO/c13-12-9(6-10-7-15-10)5-8-3-1-2-4-11(8)14-12/h1-5,10H,6-7H2. The zero-order valence-electron chi connectivity index (χ0n) is 8.11. The predicted molar refractivity (Wildman–Crippen MR) is 60.2 cm³/mol. The normalized spacial score (nSPS) is 19.4. The van der Waals surface area contributed by atoms with Gasteiger partial charge in [-0.25, -0.2) is 4.98 Å². The van der Waals surface area contributed by atoms with Crippen LogP contribution in [0.2, 0.25) is 5.15 Å². The lowest BCUT2D eigenvalue weighted by molar-refractivity contribution is 0.407. The molecular formula is C12H10ClNO. The van der Waals surface area contributed by atoms with Crippen LogP contribution in [0.1, 0.15) is 5.56 Å². The molecular weight excluding hydrogens is 210 g/mol. The minimum Gasteiger partial charge on any atom is -0.373 e. The Bertz CT molecular complexity index is 508. The summed E-state index contributed by atoms with van der Waals surface area (Å²) in [6.45, 7) is 0.850. The zero-order valence-corrected chi connectivity index (χ0v) is 8.87. The van der Waals surface area contributed by atoms with Crippen molar-refractivity contribution in [1.29, 1.82) is 0 Å². The summed E-state index contributed by atoms with van der Waals surface area (Å²) in [6, 6.07) is 10.1. The first kappa shape index (κ1) is 9.13. The second-order valence-corrected chi connectivity index (χ2v) is 4.15. The highest BCUT2D eigenvalue weighted by atomic mass is 35.5. The summed E-state index contributed by atoms with van der Waals surface area (Å²) in [7, 11) is 0. The zero-order chi connectivity index (χ0) is 10.3. The molecule has 0 bridgehead atoms. The monoisotopic (exact) mass is 219 g/mol. The van der Waals surface area contributed by atoms with Crippen LogP contribution in [0.15, 0.2) is 30.3 Å². The van der Waals surface area contributed by atoms with Crippen molar-refractivity contribution in [3.05, 3.63) is 41.0 Å². The minimum absolute atomic E-state index is 0.352. The maximum atomic E-state index is 6.11. The van der Waals surface area contributed by atoms with Crippen LogP contribution >= 0.6 is 11.6 Å². The van der Waals surface area contributed by atoms with Gasteiger partial charge >= 0.3 is 0 Å². The first-order chi connectivity index (χ1) is 7.33. The van der Waals surface area contributed by atoms with E-state index in [1.54, 1.807) is 0 Å². The highest BCUT2D eigenvalue weighted by Crippen LogP contribution is 2.24. The van der Waals surface area contributed by atoms with Crippen molar-refractivity contribution in [2.75, 3.05) is 6.61 Å². The Kier molecular flexibility index (Phi) is 2.11. The van der Waals surface area contributed by atoms with E-state index in [1.807, 2.05) is 18.2 Å². The van der Waals surface area contributed by atoms with E-state index in [0.29, 0.717) is 11.3 Å². The first-order valence-corrected chi connectivity index (χ1v) is 5.36. The molecule has 1 aliphatic heterocycles. The quantitative estimate of drug-likeness (QED) is 0.573. The highest BCUT2D eigenvalue weighted by Gasteiger charge is 2.24. The summed E-state index contributed by atoms with van der Waals surface area (Å²) in [6.07, 6.45) is 1.22. The van der Waals surface area contributed by atoms with Crippen LogP contribution in [0.5, 0.6) is 0 Å². The third kappa shape index (κ3) is 1.83. The molecule has 3 heteroatoms. The van der Waals surface area contributed by atoms with Gasteiger partial charge in [0.25, 0.3) is 0 Å². The van der Waals surface area contributed by atoms with E-state index < -0.39 is 0 Å². The molecule has 1 aliphatic rings. The predicted octanol–water partition coefficient (Wildman–Crippen LogP) is 2.83. The van der Waals surface area contributed by atoms with Gasteiger partial charge in [0.05, 0.1) is 18.2 Å². The number of hydrogen-bond donors (Lipinski definition) is 0. The molecule has 2 heterocycles. The summed E-state index contributed by atoms with van der Waals surface area (Å²) in [5, 5.41) is 1.74. The third-order valence-electron chi connectivity index (χ3n) is 2.60. The van der Waals surface area contributed by atoms with Crippen LogP contribution in [0.25, 0.3) is 10.9 Å². The van der Waals surface area contributed by atoms with Gasteiger partial charge in [0, 0.05) is 11.8 Å². The lowest BCUT2D eigenvalue weighted by atomic mass is 10.1. The number of halogens is 1. The van der Waals surface area contributed by atoms with E-state index >= 15 is 0 Å². The molecule has 0 N–H and O–H groups in total. The van der Waals surface area contributed by atoms with Crippen molar-refractivity contribution in [3.8, 4) is 0 Å². The molecule has 1 saturated heterocycles. The van der Waals surface area contributed by atoms with Gasteiger partial charge in [0.1, 0.15) is 5.15 Å². The Labute approximate surface area is 92.8 Å². The number of hydrogen-bond acceptors (Lipinski definition) is 2. The summed E-state index contributed by atoms with van der Waals surface area (Å²) >= 11 is 6.11. The molecule has 1 fully saturated rings. The van der Waals surface area contributed by atoms with Gasteiger partial charge in [-0.15, -0.1) is 0 Å². The Hall–Kier alpha value is -1.12. The number of fused-ring (bicyclic) bond motifs is 1. The van der Waals surface area contributed by atoms with Crippen molar-refractivity contribution < 1.29 is 4.74 Å². The number of nitrogens with zero attached hydrogens (tertiary/aromatic N) is 1. The Morgan fingerprint density at radius 2 is 2.20 bits per heavy atom. The largest absolute Gasteiger partial charge is 0.373 e. The summed E-state index contributed by atoms with van der Waals surface area (Å²) in [5.41, 5.74) is 2.03. The lowest BCUT2D eigenvalue weighted by Crippen LogP contribution is -1.96. The average Bonchev–Trinajstić information content (AvgIpc) is 3.03. The van der Waals surface area contributed by atoms with E-state index in [1.165, 1.54) is 0 Å². The summed E-state index contributed by atoms with van der Waals surface area (Å²) < 4.78 is 5.19.